The first-order chi connectivity index (χ1) is 13.8. The Labute approximate surface area is 161 Å². The number of piperidine rings is 1. The van der Waals surface area contributed by atoms with Gasteiger partial charge in [0.25, 0.3) is 0 Å². The summed E-state index contributed by atoms with van der Waals surface area (Å²) >= 11 is 0. The van der Waals surface area contributed by atoms with Crippen molar-refractivity contribution in [3.8, 4) is 0 Å². The fourth-order valence-corrected chi connectivity index (χ4v) is 2.89. The van der Waals surface area contributed by atoms with Crippen molar-refractivity contribution in [3.05, 3.63) is 54.2 Å². The minimum absolute atomic E-state index is 0.301. The highest BCUT2D eigenvalue weighted by molar-refractivity contribution is 5.76. The molecule has 9 heteroatoms. The van der Waals surface area contributed by atoms with Crippen LogP contribution in [-0.4, -0.2) is 34.3 Å². The largest absolute Gasteiger partial charge is 0.463 e. The molecule has 2 aromatic heterocycles. The molecule has 3 aromatic rings. The van der Waals surface area contributed by atoms with Crippen LogP contribution >= 0.6 is 0 Å². The van der Waals surface area contributed by atoms with Crippen molar-refractivity contribution in [1.82, 2.24) is 15.0 Å². The number of furan rings is 1. The summed E-state index contributed by atoms with van der Waals surface area (Å²) in [5.41, 5.74) is 3.50. The molecule has 0 aliphatic carbocycles. The van der Waals surface area contributed by atoms with Gasteiger partial charge in [-0.25, -0.2) is 9.82 Å². The molecule has 0 spiro atoms. The predicted octanol–water partition coefficient (Wildman–Crippen LogP) is 3.78. The van der Waals surface area contributed by atoms with Gasteiger partial charge < -0.3 is 14.6 Å². The number of hydrogen-bond acceptors (Lipinski definition) is 8. The van der Waals surface area contributed by atoms with Crippen LogP contribution in [0.15, 0.2) is 52.2 Å². The van der Waals surface area contributed by atoms with Crippen LogP contribution in [0.2, 0.25) is 0 Å². The van der Waals surface area contributed by atoms with Crippen LogP contribution in [0.3, 0.4) is 0 Å². The molecule has 3 heterocycles. The second kappa shape index (κ2) is 8.47. The summed E-state index contributed by atoms with van der Waals surface area (Å²) < 4.78 is 18.4. The van der Waals surface area contributed by atoms with E-state index in [2.05, 4.69) is 35.7 Å². The highest BCUT2D eigenvalue weighted by atomic mass is 19.1. The number of benzene rings is 1. The van der Waals surface area contributed by atoms with E-state index in [0.717, 1.165) is 25.9 Å². The number of hydrazone groups is 1. The number of rotatable bonds is 6. The lowest BCUT2D eigenvalue weighted by molar-refractivity contribution is 0.560. The Hall–Kier alpha value is -3.49. The molecule has 1 saturated heterocycles. The van der Waals surface area contributed by atoms with E-state index in [4.69, 9.17) is 4.42 Å². The van der Waals surface area contributed by atoms with Gasteiger partial charge in [0.2, 0.25) is 17.8 Å². The van der Waals surface area contributed by atoms with Gasteiger partial charge in [0.1, 0.15) is 11.6 Å². The topological polar surface area (TPSA) is 91.5 Å². The predicted molar refractivity (Wildman–Crippen MR) is 105 cm³/mol. The molecule has 0 unspecified atom stereocenters. The molecule has 144 valence electrons. The normalized spacial score (nSPS) is 14.4. The Morgan fingerprint density at radius 1 is 1.00 bits per heavy atom. The Balaban J connectivity index is 1.57. The number of hydrogen-bond donors (Lipinski definition) is 2. The van der Waals surface area contributed by atoms with E-state index in [-0.39, 0.29) is 5.82 Å². The third kappa shape index (κ3) is 4.61. The summed E-state index contributed by atoms with van der Waals surface area (Å²) in [4.78, 5) is 15.5. The average Bonchev–Trinajstić information content (AvgIpc) is 3.24. The van der Waals surface area contributed by atoms with Crippen LogP contribution in [0.25, 0.3) is 0 Å². The summed E-state index contributed by atoms with van der Waals surface area (Å²) in [6, 6.07) is 9.58. The molecule has 4 rings (SSSR count). The van der Waals surface area contributed by atoms with Crippen LogP contribution in [0.4, 0.5) is 27.9 Å². The van der Waals surface area contributed by atoms with Crippen molar-refractivity contribution < 1.29 is 8.81 Å². The van der Waals surface area contributed by atoms with Gasteiger partial charge in [0, 0.05) is 18.8 Å². The van der Waals surface area contributed by atoms with Gasteiger partial charge in [-0.1, -0.05) is 0 Å². The lowest BCUT2D eigenvalue weighted by Gasteiger charge is -2.26. The van der Waals surface area contributed by atoms with E-state index in [9.17, 15) is 4.39 Å². The molecule has 0 saturated carbocycles. The zero-order valence-corrected chi connectivity index (χ0v) is 15.2. The zero-order chi connectivity index (χ0) is 19.2. The first kappa shape index (κ1) is 17.9. The van der Waals surface area contributed by atoms with Gasteiger partial charge in [-0.05, 0) is 55.7 Å². The molecule has 1 aromatic carbocycles. The maximum absolute atomic E-state index is 13.1. The highest BCUT2D eigenvalue weighted by Crippen LogP contribution is 2.21. The zero-order valence-electron chi connectivity index (χ0n) is 15.2. The lowest BCUT2D eigenvalue weighted by Crippen LogP contribution is -2.31. The number of anilines is 4. The van der Waals surface area contributed by atoms with Crippen molar-refractivity contribution in [2.45, 2.75) is 19.3 Å². The van der Waals surface area contributed by atoms with Crippen molar-refractivity contribution >= 4 is 29.7 Å². The van der Waals surface area contributed by atoms with Gasteiger partial charge in [-0.3, -0.25) is 0 Å². The van der Waals surface area contributed by atoms with Crippen LogP contribution in [0.5, 0.6) is 0 Å². The van der Waals surface area contributed by atoms with E-state index in [1.807, 2.05) is 0 Å². The first-order valence-corrected chi connectivity index (χ1v) is 9.12. The number of nitrogens with one attached hydrogen (secondary N) is 2. The molecule has 1 fully saturated rings. The van der Waals surface area contributed by atoms with Crippen molar-refractivity contribution in [1.29, 1.82) is 0 Å². The van der Waals surface area contributed by atoms with Gasteiger partial charge in [-0.15, -0.1) is 0 Å². The molecule has 8 nitrogen and oxygen atoms in total. The minimum atomic E-state index is -0.301. The highest BCUT2D eigenvalue weighted by Gasteiger charge is 2.16. The second-order valence-electron chi connectivity index (χ2n) is 6.35. The Morgan fingerprint density at radius 2 is 1.79 bits per heavy atom. The molecular formula is C19H20FN7O. The smallest absolute Gasteiger partial charge is 0.250 e. The fourth-order valence-electron chi connectivity index (χ4n) is 2.89. The minimum Gasteiger partial charge on any atom is -0.463 e. The monoisotopic (exact) mass is 381 g/mol. The summed E-state index contributed by atoms with van der Waals surface area (Å²) in [5, 5.41) is 7.20. The molecule has 0 radical (unpaired) electrons. The number of aromatic nitrogens is 3. The molecule has 0 amide bonds. The maximum atomic E-state index is 13.1. The molecule has 0 bridgehead atoms. The molecule has 0 atom stereocenters. The Morgan fingerprint density at radius 3 is 2.54 bits per heavy atom. The molecule has 1 aliphatic heterocycles. The van der Waals surface area contributed by atoms with Crippen LogP contribution < -0.4 is 15.6 Å². The maximum Gasteiger partial charge on any atom is 0.250 e. The van der Waals surface area contributed by atoms with E-state index >= 15 is 0 Å². The molecule has 1 aliphatic rings. The SMILES string of the molecule is Fc1ccc(Nc2nc(N/N=C\c3ccco3)nc(N3CCCCC3)n2)cc1. The van der Waals surface area contributed by atoms with E-state index < -0.39 is 0 Å². The summed E-state index contributed by atoms with van der Waals surface area (Å²) in [5.74, 6) is 1.56. The fraction of sp³-hybridized carbons (Fsp3) is 0.263. The quantitative estimate of drug-likeness (QED) is 0.496. The van der Waals surface area contributed by atoms with Crippen LogP contribution in [0, 0.1) is 5.82 Å². The summed E-state index contributed by atoms with van der Waals surface area (Å²) in [6.45, 7) is 1.80. The molecule has 2 N–H and O–H groups in total. The molecule has 28 heavy (non-hydrogen) atoms. The van der Waals surface area contributed by atoms with Gasteiger partial charge >= 0.3 is 0 Å². The van der Waals surface area contributed by atoms with E-state index in [0.29, 0.717) is 29.3 Å². The third-order valence-corrected chi connectivity index (χ3v) is 4.26. The number of halogens is 1. The third-order valence-electron chi connectivity index (χ3n) is 4.26. The summed E-state index contributed by atoms with van der Waals surface area (Å²) in [7, 11) is 0. The molecular weight excluding hydrogens is 361 g/mol. The average molecular weight is 381 g/mol. The Kier molecular flexibility index (Phi) is 5.41. The van der Waals surface area contributed by atoms with Gasteiger partial charge in [-0.2, -0.15) is 20.1 Å². The first-order valence-electron chi connectivity index (χ1n) is 9.12. The van der Waals surface area contributed by atoms with Gasteiger partial charge in [0.05, 0.1) is 12.5 Å². The second-order valence-corrected chi connectivity index (χ2v) is 6.35. The van der Waals surface area contributed by atoms with E-state index in [1.54, 1.807) is 30.5 Å². The lowest BCUT2D eigenvalue weighted by atomic mass is 10.1. The van der Waals surface area contributed by atoms with Crippen LogP contribution in [0.1, 0.15) is 25.0 Å². The van der Waals surface area contributed by atoms with Crippen molar-refractivity contribution in [2.75, 3.05) is 28.7 Å². The van der Waals surface area contributed by atoms with E-state index in [1.165, 1.54) is 24.8 Å². The number of nitrogens with zero attached hydrogens (tertiary/aromatic N) is 5. The van der Waals surface area contributed by atoms with Gasteiger partial charge in [0.15, 0.2) is 0 Å². The van der Waals surface area contributed by atoms with Crippen molar-refractivity contribution in [3.63, 3.8) is 0 Å². The van der Waals surface area contributed by atoms with Crippen LogP contribution in [-0.2, 0) is 0 Å². The van der Waals surface area contributed by atoms with Crippen molar-refractivity contribution in [2.24, 2.45) is 5.10 Å². The standard InChI is InChI=1S/C19H20FN7O/c20-14-6-8-15(9-7-14)22-17-23-18(26-21-13-16-5-4-12-28-16)25-19(24-17)27-10-2-1-3-11-27/h4-9,12-13H,1-3,10-11H2,(H2,22,23,24,25,26)/b21-13-. The summed E-state index contributed by atoms with van der Waals surface area (Å²) in [6.07, 6.45) is 6.53. The Bertz CT molecular complexity index is 922.